The summed E-state index contributed by atoms with van der Waals surface area (Å²) in [7, 11) is 0. The van der Waals surface area contributed by atoms with Crippen LogP contribution in [0.1, 0.15) is 19.5 Å². The molecule has 0 saturated heterocycles. The first-order chi connectivity index (χ1) is 7.83. The summed E-state index contributed by atoms with van der Waals surface area (Å²) < 4.78 is 0. The van der Waals surface area contributed by atoms with Gasteiger partial charge in [0.25, 0.3) is 0 Å². The molecular weight excluding hydrogens is 218 g/mol. The van der Waals surface area contributed by atoms with Crippen LogP contribution in [0.2, 0.25) is 0 Å². The van der Waals surface area contributed by atoms with Gasteiger partial charge in [0.1, 0.15) is 5.82 Å². The van der Waals surface area contributed by atoms with E-state index >= 15 is 0 Å². The normalized spacial score (nSPS) is 10.4. The van der Waals surface area contributed by atoms with Gasteiger partial charge in [-0.15, -0.1) is 11.3 Å². The van der Waals surface area contributed by atoms with E-state index in [1.165, 1.54) is 0 Å². The number of hydrogen-bond acceptors (Lipinski definition) is 4. The maximum atomic E-state index is 4.54. The third-order valence-corrected chi connectivity index (χ3v) is 3.11. The van der Waals surface area contributed by atoms with Gasteiger partial charge in [0.2, 0.25) is 0 Å². The van der Waals surface area contributed by atoms with E-state index in [1.807, 2.05) is 17.5 Å². The number of aromatic nitrogens is 2. The van der Waals surface area contributed by atoms with Gasteiger partial charge in [-0.1, -0.05) is 13.0 Å². The van der Waals surface area contributed by atoms with Crippen LogP contribution in [0.15, 0.2) is 23.6 Å². The summed E-state index contributed by atoms with van der Waals surface area (Å²) >= 11 is 1.67. The molecule has 16 heavy (non-hydrogen) atoms. The molecule has 0 radical (unpaired) electrons. The Morgan fingerprint density at radius 1 is 1.31 bits per heavy atom. The standard InChI is InChI=1S/C12H15N3S/c1-3-9-8-11(13-4-2)15-12(14-9)10-6-5-7-16-10/h5-8H,3-4H2,1-2H3,(H,13,14,15). The van der Waals surface area contributed by atoms with Crippen LogP contribution >= 0.6 is 11.3 Å². The largest absolute Gasteiger partial charge is 0.370 e. The van der Waals surface area contributed by atoms with E-state index in [2.05, 4.69) is 35.2 Å². The predicted molar refractivity (Wildman–Crippen MR) is 68.9 cm³/mol. The lowest BCUT2D eigenvalue weighted by atomic mass is 10.3. The van der Waals surface area contributed by atoms with Crippen molar-refractivity contribution in [1.29, 1.82) is 0 Å². The monoisotopic (exact) mass is 233 g/mol. The number of aryl methyl sites for hydroxylation is 1. The Labute approximate surface area is 99.6 Å². The molecule has 2 heterocycles. The molecule has 0 atom stereocenters. The highest BCUT2D eigenvalue weighted by Crippen LogP contribution is 2.22. The molecule has 0 bridgehead atoms. The Morgan fingerprint density at radius 3 is 2.81 bits per heavy atom. The molecule has 0 spiro atoms. The highest BCUT2D eigenvalue weighted by molar-refractivity contribution is 7.13. The first-order valence-corrected chi connectivity index (χ1v) is 6.37. The fraction of sp³-hybridized carbons (Fsp3) is 0.333. The molecule has 0 aliphatic rings. The Hall–Kier alpha value is -1.42. The van der Waals surface area contributed by atoms with Crippen molar-refractivity contribution in [3.8, 4) is 10.7 Å². The van der Waals surface area contributed by atoms with Crippen molar-refractivity contribution in [1.82, 2.24) is 9.97 Å². The highest BCUT2D eigenvalue weighted by Gasteiger charge is 2.06. The average molecular weight is 233 g/mol. The number of anilines is 1. The van der Waals surface area contributed by atoms with E-state index in [9.17, 15) is 0 Å². The van der Waals surface area contributed by atoms with Gasteiger partial charge in [-0.25, -0.2) is 9.97 Å². The van der Waals surface area contributed by atoms with Gasteiger partial charge in [0, 0.05) is 18.3 Å². The minimum Gasteiger partial charge on any atom is -0.370 e. The van der Waals surface area contributed by atoms with Gasteiger partial charge in [-0.05, 0) is 24.8 Å². The van der Waals surface area contributed by atoms with Crippen LogP contribution in [0.4, 0.5) is 5.82 Å². The Bertz CT molecular complexity index is 451. The van der Waals surface area contributed by atoms with Crippen molar-refractivity contribution in [3.05, 3.63) is 29.3 Å². The molecule has 0 aliphatic heterocycles. The van der Waals surface area contributed by atoms with Crippen LogP contribution in [-0.4, -0.2) is 16.5 Å². The van der Waals surface area contributed by atoms with Crippen molar-refractivity contribution in [3.63, 3.8) is 0 Å². The van der Waals surface area contributed by atoms with Crippen molar-refractivity contribution in [2.45, 2.75) is 20.3 Å². The van der Waals surface area contributed by atoms with Gasteiger partial charge in [-0.2, -0.15) is 0 Å². The second kappa shape index (κ2) is 5.07. The minimum atomic E-state index is 0.824. The van der Waals surface area contributed by atoms with Crippen LogP contribution in [0.3, 0.4) is 0 Å². The lowest BCUT2D eigenvalue weighted by molar-refractivity contribution is 1.00. The van der Waals surface area contributed by atoms with Crippen molar-refractivity contribution in [2.75, 3.05) is 11.9 Å². The van der Waals surface area contributed by atoms with Crippen molar-refractivity contribution in [2.24, 2.45) is 0 Å². The summed E-state index contributed by atoms with van der Waals surface area (Å²) in [6, 6.07) is 6.09. The second-order valence-electron chi connectivity index (χ2n) is 3.43. The lowest BCUT2D eigenvalue weighted by Gasteiger charge is -2.06. The molecule has 3 nitrogen and oxygen atoms in total. The SMILES string of the molecule is CCNc1cc(CC)nc(-c2cccs2)n1. The number of rotatable bonds is 4. The van der Waals surface area contributed by atoms with Gasteiger partial charge < -0.3 is 5.32 Å². The third-order valence-electron chi connectivity index (χ3n) is 2.24. The highest BCUT2D eigenvalue weighted by atomic mass is 32.1. The van der Waals surface area contributed by atoms with E-state index in [0.29, 0.717) is 0 Å². The first-order valence-electron chi connectivity index (χ1n) is 5.49. The van der Waals surface area contributed by atoms with Gasteiger partial charge in [0.15, 0.2) is 5.82 Å². The van der Waals surface area contributed by atoms with Crippen LogP contribution in [0.25, 0.3) is 10.7 Å². The minimum absolute atomic E-state index is 0.824. The lowest BCUT2D eigenvalue weighted by Crippen LogP contribution is -2.03. The average Bonchev–Trinajstić information content (AvgIpc) is 2.82. The predicted octanol–water partition coefficient (Wildman–Crippen LogP) is 3.20. The molecule has 0 aromatic carbocycles. The topological polar surface area (TPSA) is 37.8 Å². The van der Waals surface area contributed by atoms with E-state index in [1.54, 1.807) is 11.3 Å². The third kappa shape index (κ3) is 2.39. The summed E-state index contributed by atoms with van der Waals surface area (Å²) in [6.07, 6.45) is 0.930. The molecule has 0 fully saturated rings. The second-order valence-corrected chi connectivity index (χ2v) is 4.38. The van der Waals surface area contributed by atoms with Gasteiger partial charge in [-0.3, -0.25) is 0 Å². The van der Waals surface area contributed by atoms with Crippen LogP contribution in [0.5, 0.6) is 0 Å². The van der Waals surface area contributed by atoms with Crippen molar-refractivity contribution < 1.29 is 0 Å². The van der Waals surface area contributed by atoms with Crippen molar-refractivity contribution >= 4 is 17.2 Å². The number of thiophene rings is 1. The fourth-order valence-electron chi connectivity index (χ4n) is 1.47. The molecule has 0 saturated carbocycles. The van der Waals surface area contributed by atoms with E-state index in [0.717, 1.165) is 35.2 Å². The molecule has 1 N–H and O–H groups in total. The number of nitrogens with one attached hydrogen (secondary N) is 1. The number of nitrogens with zero attached hydrogens (tertiary/aromatic N) is 2. The quantitative estimate of drug-likeness (QED) is 0.881. The van der Waals surface area contributed by atoms with Gasteiger partial charge in [0.05, 0.1) is 4.88 Å². The van der Waals surface area contributed by atoms with E-state index in [-0.39, 0.29) is 0 Å². The first kappa shape index (κ1) is 11.1. The van der Waals surface area contributed by atoms with Crippen LogP contribution in [-0.2, 0) is 6.42 Å². The summed E-state index contributed by atoms with van der Waals surface area (Å²) in [5.74, 6) is 1.74. The molecule has 84 valence electrons. The van der Waals surface area contributed by atoms with Crippen LogP contribution in [0, 0.1) is 0 Å². The molecule has 0 unspecified atom stereocenters. The Balaban J connectivity index is 2.41. The molecule has 2 rings (SSSR count). The maximum absolute atomic E-state index is 4.54. The summed E-state index contributed by atoms with van der Waals surface area (Å²) in [5.41, 5.74) is 1.08. The summed E-state index contributed by atoms with van der Waals surface area (Å²) in [6.45, 7) is 5.05. The number of hydrogen-bond donors (Lipinski definition) is 1. The van der Waals surface area contributed by atoms with E-state index < -0.39 is 0 Å². The Kier molecular flexibility index (Phi) is 3.51. The summed E-state index contributed by atoms with van der Waals surface area (Å²) in [4.78, 5) is 10.2. The molecule has 2 aromatic heterocycles. The maximum Gasteiger partial charge on any atom is 0.171 e. The smallest absolute Gasteiger partial charge is 0.171 e. The zero-order valence-corrected chi connectivity index (χ0v) is 10.3. The molecular formula is C12H15N3S. The molecule has 2 aromatic rings. The zero-order valence-electron chi connectivity index (χ0n) is 9.53. The van der Waals surface area contributed by atoms with Gasteiger partial charge >= 0.3 is 0 Å². The molecule has 4 heteroatoms. The molecule has 0 aliphatic carbocycles. The van der Waals surface area contributed by atoms with E-state index in [4.69, 9.17) is 0 Å². The summed E-state index contributed by atoms with van der Waals surface area (Å²) in [5, 5.41) is 5.28. The zero-order chi connectivity index (χ0) is 11.4. The van der Waals surface area contributed by atoms with Crippen LogP contribution < -0.4 is 5.32 Å². The molecule has 0 amide bonds. The Morgan fingerprint density at radius 2 is 2.19 bits per heavy atom. The fourth-order valence-corrected chi connectivity index (χ4v) is 2.12.